The second-order valence-electron chi connectivity index (χ2n) is 2.66. The molecule has 0 aromatic rings. The highest BCUT2D eigenvalue weighted by atomic mass is 79.9. The number of hydrogen-bond acceptors (Lipinski definition) is 0. The third kappa shape index (κ3) is 3.99. The van der Waals surface area contributed by atoms with Gasteiger partial charge < -0.3 is 0 Å². The number of alkyl halides is 5. The zero-order chi connectivity index (χ0) is 9.83. The largest absolute Gasteiger partial charge is 0.417 e. The average molecular weight is 268 g/mol. The molecule has 0 aromatic heterocycles. The van der Waals surface area contributed by atoms with Crippen LogP contribution in [-0.4, -0.2) is 9.96 Å². The second-order valence-corrected chi connectivity index (χ2v) is 5.11. The van der Waals surface area contributed by atoms with Crippen LogP contribution in [0.2, 0.25) is 0 Å². The Kier molecular flexibility index (Phi) is 4.92. The number of rotatable bonds is 4. The highest BCUT2D eigenvalue weighted by Crippen LogP contribution is 2.45. The van der Waals surface area contributed by atoms with Crippen LogP contribution in [0.15, 0.2) is 0 Å². The standard InChI is InChI=1S/C7H11BrClF3/c1-2-3-4-5-6(8,9)7(10,11)12/h2-5H2,1H3. The minimum absolute atomic E-state index is 0.0775. The van der Waals surface area contributed by atoms with Gasteiger partial charge in [0.2, 0.25) is 0 Å². The first-order valence-electron chi connectivity index (χ1n) is 3.76. The third-order valence-electron chi connectivity index (χ3n) is 1.51. The van der Waals surface area contributed by atoms with E-state index in [2.05, 4.69) is 15.9 Å². The van der Waals surface area contributed by atoms with Crippen LogP contribution in [0.5, 0.6) is 0 Å². The first-order chi connectivity index (χ1) is 5.31. The number of halogens is 5. The van der Waals surface area contributed by atoms with E-state index >= 15 is 0 Å². The van der Waals surface area contributed by atoms with Crippen molar-refractivity contribution in [1.29, 1.82) is 0 Å². The van der Waals surface area contributed by atoms with Gasteiger partial charge in [0.05, 0.1) is 0 Å². The highest BCUT2D eigenvalue weighted by molar-refractivity contribution is 9.10. The van der Waals surface area contributed by atoms with E-state index in [1.165, 1.54) is 0 Å². The molecule has 0 spiro atoms. The Morgan fingerprint density at radius 2 is 1.75 bits per heavy atom. The summed E-state index contributed by atoms with van der Waals surface area (Å²) in [6, 6.07) is 0. The summed E-state index contributed by atoms with van der Waals surface area (Å²) in [4.78, 5) is 0. The zero-order valence-corrected chi connectivity index (χ0v) is 9.06. The Hall–Kier alpha value is 0.560. The summed E-state index contributed by atoms with van der Waals surface area (Å²) in [5.74, 6) is 0. The van der Waals surface area contributed by atoms with Gasteiger partial charge >= 0.3 is 6.18 Å². The lowest BCUT2D eigenvalue weighted by molar-refractivity contribution is -0.139. The molecular weight excluding hydrogens is 256 g/mol. The normalized spacial score (nSPS) is 17.5. The van der Waals surface area contributed by atoms with E-state index in [0.29, 0.717) is 6.42 Å². The molecule has 0 aliphatic carbocycles. The molecule has 0 radical (unpaired) electrons. The zero-order valence-electron chi connectivity index (χ0n) is 6.72. The maximum Gasteiger partial charge on any atom is 0.417 e. The Morgan fingerprint density at radius 1 is 1.25 bits per heavy atom. The lowest BCUT2D eigenvalue weighted by Crippen LogP contribution is -2.33. The maximum atomic E-state index is 12.1. The molecule has 0 aliphatic rings. The molecule has 0 rings (SSSR count). The monoisotopic (exact) mass is 266 g/mol. The van der Waals surface area contributed by atoms with Crippen LogP contribution in [0.25, 0.3) is 0 Å². The van der Waals surface area contributed by atoms with E-state index in [4.69, 9.17) is 11.6 Å². The smallest absolute Gasteiger partial charge is 0.168 e. The highest BCUT2D eigenvalue weighted by Gasteiger charge is 2.51. The molecule has 0 aromatic carbocycles. The van der Waals surface area contributed by atoms with Crippen LogP contribution in [0.1, 0.15) is 32.6 Å². The summed E-state index contributed by atoms with van der Waals surface area (Å²) in [5.41, 5.74) is 0. The first kappa shape index (κ1) is 12.6. The minimum atomic E-state index is -4.37. The molecule has 0 amide bonds. The molecule has 5 heteroatoms. The predicted molar refractivity (Wildman–Crippen MR) is 47.7 cm³/mol. The van der Waals surface area contributed by atoms with Crippen molar-refractivity contribution in [2.24, 2.45) is 0 Å². The van der Waals surface area contributed by atoms with E-state index in [1.54, 1.807) is 0 Å². The summed E-state index contributed by atoms with van der Waals surface area (Å²) >= 11 is 7.71. The van der Waals surface area contributed by atoms with Crippen molar-refractivity contribution in [3.63, 3.8) is 0 Å². The molecule has 0 saturated heterocycles. The number of hydrogen-bond donors (Lipinski definition) is 0. The SMILES string of the molecule is CCCCCC(Cl)(Br)C(F)(F)F. The summed E-state index contributed by atoms with van der Waals surface area (Å²) in [5, 5.41) is 0. The van der Waals surface area contributed by atoms with E-state index in [9.17, 15) is 13.2 Å². The Bertz CT molecular complexity index is 133. The molecule has 0 aliphatic heterocycles. The van der Waals surface area contributed by atoms with Gasteiger partial charge in [0.15, 0.2) is 3.78 Å². The molecule has 0 bridgehead atoms. The fourth-order valence-electron chi connectivity index (χ4n) is 0.739. The predicted octanol–water partition coefficient (Wildman–Crippen LogP) is 4.46. The minimum Gasteiger partial charge on any atom is -0.168 e. The van der Waals surface area contributed by atoms with Crippen LogP contribution in [0, 0.1) is 0 Å². The fourth-order valence-corrected chi connectivity index (χ4v) is 1.15. The molecule has 0 saturated carbocycles. The maximum absolute atomic E-state index is 12.1. The molecule has 12 heavy (non-hydrogen) atoms. The first-order valence-corrected chi connectivity index (χ1v) is 4.93. The second kappa shape index (κ2) is 4.70. The average Bonchev–Trinajstić information content (AvgIpc) is 1.85. The molecule has 0 fully saturated rings. The van der Waals surface area contributed by atoms with Gasteiger partial charge in [0.25, 0.3) is 0 Å². The van der Waals surface area contributed by atoms with Crippen LogP contribution in [0.3, 0.4) is 0 Å². The molecule has 0 nitrogen and oxygen atoms in total. The Labute approximate surface area is 83.6 Å². The van der Waals surface area contributed by atoms with Crippen molar-refractivity contribution in [1.82, 2.24) is 0 Å². The van der Waals surface area contributed by atoms with Gasteiger partial charge in [-0.25, -0.2) is 0 Å². The molecule has 1 unspecified atom stereocenters. The van der Waals surface area contributed by atoms with Crippen molar-refractivity contribution in [2.75, 3.05) is 0 Å². The Morgan fingerprint density at radius 3 is 2.08 bits per heavy atom. The molecule has 0 heterocycles. The molecule has 0 N–H and O–H groups in total. The van der Waals surface area contributed by atoms with Crippen molar-refractivity contribution in [2.45, 2.75) is 42.6 Å². The van der Waals surface area contributed by atoms with Crippen LogP contribution in [0.4, 0.5) is 13.2 Å². The lowest BCUT2D eigenvalue weighted by Gasteiger charge is -2.22. The van der Waals surface area contributed by atoms with Crippen molar-refractivity contribution < 1.29 is 13.2 Å². The van der Waals surface area contributed by atoms with Gasteiger partial charge in [0, 0.05) is 0 Å². The van der Waals surface area contributed by atoms with Crippen LogP contribution >= 0.6 is 27.5 Å². The van der Waals surface area contributed by atoms with Gasteiger partial charge in [0.1, 0.15) is 0 Å². The van der Waals surface area contributed by atoms with Crippen molar-refractivity contribution in [3.8, 4) is 0 Å². The topological polar surface area (TPSA) is 0 Å². The van der Waals surface area contributed by atoms with E-state index in [0.717, 1.165) is 12.8 Å². The summed E-state index contributed by atoms with van der Waals surface area (Å²) < 4.78 is 34.0. The van der Waals surface area contributed by atoms with E-state index in [-0.39, 0.29) is 6.42 Å². The quantitative estimate of drug-likeness (QED) is 0.521. The molecular formula is C7H11BrClF3. The van der Waals surface area contributed by atoms with E-state index < -0.39 is 9.96 Å². The lowest BCUT2D eigenvalue weighted by atomic mass is 10.1. The molecule has 1 atom stereocenters. The van der Waals surface area contributed by atoms with Gasteiger partial charge in [-0.05, 0) is 6.42 Å². The fraction of sp³-hybridized carbons (Fsp3) is 1.00. The van der Waals surface area contributed by atoms with Gasteiger partial charge in [-0.15, -0.1) is 0 Å². The van der Waals surface area contributed by atoms with Crippen molar-refractivity contribution in [3.05, 3.63) is 0 Å². The van der Waals surface area contributed by atoms with Crippen LogP contribution < -0.4 is 0 Å². The number of unbranched alkanes of at least 4 members (excludes halogenated alkanes) is 2. The summed E-state index contributed by atoms with van der Waals surface area (Å²) in [7, 11) is 0. The van der Waals surface area contributed by atoms with Gasteiger partial charge in [-0.1, -0.05) is 53.7 Å². The molecule has 74 valence electrons. The van der Waals surface area contributed by atoms with Gasteiger partial charge in [-0.2, -0.15) is 13.2 Å². The van der Waals surface area contributed by atoms with Crippen molar-refractivity contribution >= 4 is 27.5 Å². The summed E-state index contributed by atoms with van der Waals surface area (Å²) in [6.45, 7) is 1.93. The summed E-state index contributed by atoms with van der Waals surface area (Å²) in [6.07, 6.45) is -2.30. The van der Waals surface area contributed by atoms with Gasteiger partial charge in [-0.3, -0.25) is 0 Å². The van der Waals surface area contributed by atoms with Crippen LogP contribution in [-0.2, 0) is 0 Å². The third-order valence-corrected chi connectivity index (χ3v) is 2.76. The Balaban J connectivity index is 3.88. The van der Waals surface area contributed by atoms with E-state index in [1.807, 2.05) is 6.92 Å².